The Hall–Kier alpha value is -1.87. The van der Waals surface area contributed by atoms with Crippen molar-refractivity contribution < 1.29 is 9.59 Å². The van der Waals surface area contributed by atoms with Crippen molar-refractivity contribution in [3.8, 4) is 0 Å². The molecule has 0 spiro atoms. The summed E-state index contributed by atoms with van der Waals surface area (Å²) in [5.41, 5.74) is 5.38. The van der Waals surface area contributed by atoms with E-state index in [0.29, 0.717) is 24.7 Å². The lowest BCUT2D eigenvalue weighted by Crippen LogP contribution is -2.46. The van der Waals surface area contributed by atoms with E-state index in [1.165, 1.54) is 16.6 Å². The lowest BCUT2D eigenvalue weighted by molar-refractivity contribution is -0.134. The van der Waals surface area contributed by atoms with Gasteiger partial charge in [-0.15, -0.1) is 16.4 Å². The molecule has 2 amide bonds. The van der Waals surface area contributed by atoms with Gasteiger partial charge in [-0.3, -0.25) is 14.7 Å². The number of hydrogen-bond acceptors (Lipinski definition) is 6. The molecule has 1 fully saturated rings. The van der Waals surface area contributed by atoms with Crippen LogP contribution in [0.15, 0.2) is 22.7 Å². The van der Waals surface area contributed by atoms with Crippen molar-refractivity contribution in [3.63, 3.8) is 0 Å². The molecule has 0 aliphatic carbocycles. The van der Waals surface area contributed by atoms with Gasteiger partial charge in [0.15, 0.2) is 0 Å². The molecule has 3 heterocycles. The first kappa shape index (κ1) is 17.9. The van der Waals surface area contributed by atoms with Gasteiger partial charge in [0.05, 0.1) is 11.2 Å². The quantitative estimate of drug-likeness (QED) is 0.743. The van der Waals surface area contributed by atoms with Gasteiger partial charge < -0.3 is 10.6 Å². The molecule has 0 radical (unpaired) electrons. The van der Waals surface area contributed by atoms with Gasteiger partial charge >= 0.3 is 0 Å². The molecule has 1 aliphatic heterocycles. The average molecular weight is 380 g/mol. The van der Waals surface area contributed by atoms with Crippen molar-refractivity contribution in [2.45, 2.75) is 36.6 Å². The zero-order valence-corrected chi connectivity index (χ0v) is 15.6. The van der Waals surface area contributed by atoms with Crippen LogP contribution in [0.2, 0.25) is 0 Å². The number of primary amides is 1. The van der Waals surface area contributed by atoms with E-state index >= 15 is 0 Å². The maximum Gasteiger partial charge on any atom is 0.235 e. The lowest BCUT2D eigenvalue weighted by Gasteiger charge is -2.32. The molecular weight excluding hydrogens is 358 g/mol. The van der Waals surface area contributed by atoms with Crippen molar-refractivity contribution in [1.82, 2.24) is 20.1 Å². The van der Waals surface area contributed by atoms with Gasteiger partial charge in [-0.2, -0.15) is 0 Å². The number of thiophene rings is 1. The first-order chi connectivity index (χ1) is 12.0. The molecule has 2 unspecified atom stereocenters. The van der Waals surface area contributed by atoms with E-state index in [1.54, 1.807) is 16.2 Å². The Morgan fingerprint density at radius 1 is 1.56 bits per heavy atom. The van der Waals surface area contributed by atoms with Gasteiger partial charge in [0.2, 0.25) is 17.0 Å². The number of thioether (sulfide) groups is 1. The summed E-state index contributed by atoms with van der Waals surface area (Å²) in [5.74, 6) is 0.220. The van der Waals surface area contributed by atoms with Gasteiger partial charge in [-0.25, -0.2) is 4.98 Å². The molecule has 1 saturated heterocycles. The van der Waals surface area contributed by atoms with E-state index in [4.69, 9.17) is 5.73 Å². The number of H-pyrrole nitrogens is 1. The third-order valence-corrected chi connectivity index (χ3v) is 6.02. The maximum atomic E-state index is 12.6. The fourth-order valence-corrected chi connectivity index (χ4v) is 4.40. The molecule has 3 rings (SSSR count). The second kappa shape index (κ2) is 8.01. The Labute approximate surface area is 154 Å². The fraction of sp³-hybridized carbons (Fsp3) is 0.500. The van der Waals surface area contributed by atoms with Crippen LogP contribution >= 0.6 is 23.1 Å². The molecule has 25 heavy (non-hydrogen) atoms. The van der Waals surface area contributed by atoms with Gasteiger partial charge in [0.1, 0.15) is 5.82 Å². The Kier molecular flexibility index (Phi) is 5.74. The highest BCUT2D eigenvalue weighted by Crippen LogP contribution is 2.24. The minimum absolute atomic E-state index is 0.000516. The van der Waals surface area contributed by atoms with E-state index < -0.39 is 0 Å². The molecule has 9 heteroatoms. The molecule has 2 aromatic heterocycles. The predicted molar refractivity (Wildman–Crippen MR) is 97.3 cm³/mol. The molecule has 0 bridgehead atoms. The van der Waals surface area contributed by atoms with Crippen molar-refractivity contribution in [3.05, 3.63) is 28.2 Å². The van der Waals surface area contributed by atoms with Crippen molar-refractivity contribution in [1.29, 1.82) is 0 Å². The Balaban J connectivity index is 1.56. The topological polar surface area (TPSA) is 105 Å². The Morgan fingerprint density at radius 3 is 3.12 bits per heavy atom. The highest BCUT2D eigenvalue weighted by molar-refractivity contribution is 8.00. The second-order valence-corrected chi connectivity index (χ2v) is 8.45. The largest absolute Gasteiger partial charge is 0.369 e. The van der Waals surface area contributed by atoms with Crippen LogP contribution in [-0.2, 0) is 16.0 Å². The van der Waals surface area contributed by atoms with E-state index in [-0.39, 0.29) is 23.0 Å². The number of amides is 2. The third kappa shape index (κ3) is 4.60. The molecule has 3 N–H and O–H groups in total. The van der Waals surface area contributed by atoms with E-state index in [1.807, 2.05) is 18.4 Å². The number of carbonyl (C=O) groups is 2. The molecule has 0 saturated carbocycles. The maximum absolute atomic E-state index is 12.6. The van der Waals surface area contributed by atoms with E-state index in [0.717, 1.165) is 18.7 Å². The monoisotopic (exact) mass is 379 g/mol. The fourth-order valence-electron chi connectivity index (χ4n) is 2.86. The minimum atomic E-state index is -0.329. The first-order valence-electron chi connectivity index (χ1n) is 8.21. The Bertz CT molecular complexity index is 731. The molecule has 0 aromatic carbocycles. The van der Waals surface area contributed by atoms with Crippen LogP contribution in [0.25, 0.3) is 0 Å². The van der Waals surface area contributed by atoms with Crippen LogP contribution in [-0.4, -0.2) is 50.2 Å². The van der Waals surface area contributed by atoms with Crippen LogP contribution < -0.4 is 5.73 Å². The van der Waals surface area contributed by atoms with Gasteiger partial charge in [-0.05, 0) is 31.2 Å². The van der Waals surface area contributed by atoms with Crippen molar-refractivity contribution >= 4 is 34.9 Å². The summed E-state index contributed by atoms with van der Waals surface area (Å²) in [4.78, 5) is 31.4. The molecular formula is C16H21N5O2S2. The number of hydrogen-bond donors (Lipinski definition) is 2. The zero-order chi connectivity index (χ0) is 17.8. The second-order valence-electron chi connectivity index (χ2n) is 6.11. The van der Waals surface area contributed by atoms with Crippen molar-refractivity contribution in [2.24, 2.45) is 11.7 Å². The SMILES string of the molecule is CC(Sc1n[nH]c(Cc2cccs2)n1)C(=O)N1CCCC(C(N)=O)C1. The highest BCUT2D eigenvalue weighted by Gasteiger charge is 2.30. The summed E-state index contributed by atoms with van der Waals surface area (Å²) in [6.07, 6.45) is 2.27. The van der Waals surface area contributed by atoms with Crippen LogP contribution in [0, 0.1) is 5.92 Å². The number of rotatable bonds is 6. The van der Waals surface area contributed by atoms with Gasteiger partial charge in [0, 0.05) is 24.4 Å². The smallest absolute Gasteiger partial charge is 0.235 e. The number of aromatic nitrogens is 3. The number of carbonyl (C=O) groups excluding carboxylic acids is 2. The number of piperidine rings is 1. The van der Waals surface area contributed by atoms with Crippen LogP contribution in [0.1, 0.15) is 30.5 Å². The Morgan fingerprint density at radius 2 is 2.40 bits per heavy atom. The van der Waals surface area contributed by atoms with Crippen molar-refractivity contribution in [2.75, 3.05) is 13.1 Å². The molecule has 7 nitrogen and oxygen atoms in total. The summed E-state index contributed by atoms with van der Waals surface area (Å²) in [7, 11) is 0. The summed E-state index contributed by atoms with van der Waals surface area (Å²) in [5, 5.41) is 9.41. The average Bonchev–Trinajstić information content (AvgIpc) is 3.27. The number of likely N-dealkylation sites (tertiary alicyclic amines) is 1. The first-order valence-corrected chi connectivity index (χ1v) is 9.97. The minimum Gasteiger partial charge on any atom is -0.369 e. The summed E-state index contributed by atoms with van der Waals surface area (Å²) < 4.78 is 0. The number of aromatic amines is 1. The number of nitrogens with two attached hydrogens (primary N) is 1. The zero-order valence-electron chi connectivity index (χ0n) is 14.0. The third-order valence-electron chi connectivity index (χ3n) is 4.20. The van der Waals surface area contributed by atoms with Crippen LogP contribution in [0.3, 0.4) is 0 Å². The lowest BCUT2D eigenvalue weighted by atomic mass is 9.97. The highest BCUT2D eigenvalue weighted by atomic mass is 32.2. The molecule has 134 valence electrons. The summed E-state index contributed by atoms with van der Waals surface area (Å²) in [6, 6.07) is 4.06. The normalized spacial score (nSPS) is 18.9. The molecule has 1 aliphatic rings. The predicted octanol–water partition coefficient (Wildman–Crippen LogP) is 1.66. The van der Waals surface area contributed by atoms with E-state index in [9.17, 15) is 9.59 Å². The molecule has 2 aromatic rings. The standard InChI is InChI=1S/C16H21N5O2S2/c1-10(15(23)21-6-2-4-11(9-21)14(17)22)25-16-18-13(19-20-16)8-12-5-3-7-24-12/h3,5,7,10-11H,2,4,6,8-9H2,1H3,(H2,17,22)(H,18,19,20). The number of nitrogens with zero attached hydrogens (tertiary/aromatic N) is 3. The van der Waals surface area contributed by atoms with E-state index in [2.05, 4.69) is 21.2 Å². The molecule has 2 atom stereocenters. The summed E-state index contributed by atoms with van der Waals surface area (Å²) >= 11 is 3.00. The van der Waals surface area contributed by atoms with Gasteiger partial charge in [0.25, 0.3) is 0 Å². The van der Waals surface area contributed by atoms with Gasteiger partial charge in [-0.1, -0.05) is 17.8 Å². The summed E-state index contributed by atoms with van der Waals surface area (Å²) in [6.45, 7) is 2.93. The number of nitrogens with one attached hydrogen (secondary N) is 1. The van der Waals surface area contributed by atoms with Crippen LogP contribution in [0.4, 0.5) is 0 Å². The van der Waals surface area contributed by atoms with Crippen LogP contribution in [0.5, 0.6) is 0 Å².